The van der Waals surface area contributed by atoms with Gasteiger partial charge in [-0.15, -0.1) is 0 Å². The van der Waals surface area contributed by atoms with E-state index in [0.717, 1.165) is 22.8 Å². The van der Waals surface area contributed by atoms with Crippen LogP contribution in [0.5, 0.6) is 0 Å². The number of aldehydes is 1. The van der Waals surface area contributed by atoms with Gasteiger partial charge in [-0.05, 0) is 18.2 Å². The first-order chi connectivity index (χ1) is 7.35. The van der Waals surface area contributed by atoms with Crippen LogP contribution in [0.25, 0.3) is 10.9 Å². The van der Waals surface area contributed by atoms with E-state index in [1.165, 1.54) is 0 Å². The second kappa shape index (κ2) is 3.99. The molecule has 0 spiro atoms. The molecule has 2 aromatic rings. The van der Waals surface area contributed by atoms with Crippen LogP contribution in [0.1, 0.15) is 15.9 Å². The monoisotopic (exact) mass is 198 g/mol. The van der Waals surface area contributed by atoms with Gasteiger partial charge < -0.3 is 10.7 Å². The van der Waals surface area contributed by atoms with Crippen LogP contribution in [-0.2, 0) is 0 Å². The van der Waals surface area contributed by atoms with E-state index in [1.54, 1.807) is 6.20 Å². The zero-order valence-electron chi connectivity index (χ0n) is 8.08. The van der Waals surface area contributed by atoms with Crippen LogP contribution < -0.4 is 5.73 Å². The Balaban J connectivity index is 2.57. The SMILES string of the molecule is NCC#Cc1ccc2[nH]cc(C=O)c2c1. The number of carbonyl (C=O) groups excluding carboxylic acids is 1. The third-order valence-corrected chi connectivity index (χ3v) is 2.18. The highest BCUT2D eigenvalue weighted by molar-refractivity contribution is 5.97. The molecule has 0 unspecified atom stereocenters. The molecule has 74 valence electrons. The average molecular weight is 198 g/mol. The van der Waals surface area contributed by atoms with E-state index in [9.17, 15) is 4.79 Å². The van der Waals surface area contributed by atoms with E-state index in [2.05, 4.69) is 16.8 Å². The number of fused-ring (bicyclic) bond motifs is 1. The summed E-state index contributed by atoms with van der Waals surface area (Å²) in [4.78, 5) is 13.7. The van der Waals surface area contributed by atoms with Crippen molar-refractivity contribution < 1.29 is 4.79 Å². The van der Waals surface area contributed by atoms with E-state index in [1.807, 2.05) is 18.2 Å². The van der Waals surface area contributed by atoms with Gasteiger partial charge in [-0.1, -0.05) is 11.8 Å². The van der Waals surface area contributed by atoms with Crippen molar-refractivity contribution in [3.8, 4) is 11.8 Å². The van der Waals surface area contributed by atoms with Crippen LogP contribution in [0, 0.1) is 11.8 Å². The van der Waals surface area contributed by atoms with Gasteiger partial charge in [-0.25, -0.2) is 0 Å². The minimum Gasteiger partial charge on any atom is -0.360 e. The van der Waals surface area contributed by atoms with Crippen LogP contribution in [0.2, 0.25) is 0 Å². The van der Waals surface area contributed by atoms with E-state index < -0.39 is 0 Å². The van der Waals surface area contributed by atoms with Gasteiger partial charge in [0.25, 0.3) is 0 Å². The third-order valence-electron chi connectivity index (χ3n) is 2.18. The van der Waals surface area contributed by atoms with Gasteiger partial charge >= 0.3 is 0 Å². The van der Waals surface area contributed by atoms with Gasteiger partial charge in [0.05, 0.1) is 6.54 Å². The lowest BCUT2D eigenvalue weighted by Crippen LogP contribution is -1.92. The highest BCUT2D eigenvalue weighted by atomic mass is 16.1. The summed E-state index contributed by atoms with van der Waals surface area (Å²) in [7, 11) is 0. The zero-order valence-corrected chi connectivity index (χ0v) is 8.08. The summed E-state index contributed by atoms with van der Waals surface area (Å²) < 4.78 is 0. The molecule has 0 fully saturated rings. The fourth-order valence-electron chi connectivity index (χ4n) is 1.47. The molecule has 0 radical (unpaired) electrons. The highest BCUT2D eigenvalue weighted by Gasteiger charge is 2.02. The normalized spacial score (nSPS) is 9.67. The maximum atomic E-state index is 10.7. The molecule has 2 rings (SSSR count). The molecule has 0 atom stereocenters. The Morgan fingerprint density at radius 3 is 3.07 bits per heavy atom. The predicted molar refractivity (Wildman–Crippen MR) is 59.6 cm³/mol. The maximum Gasteiger partial charge on any atom is 0.152 e. The molecule has 3 nitrogen and oxygen atoms in total. The number of carbonyl (C=O) groups is 1. The molecule has 0 amide bonds. The Bertz CT molecular complexity index is 558. The smallest absolute Gasteiger partial charge is 0.152 e. The number of H-pyrrole nitrogens is 1. The number of rotatable bonds is 1. The lowest BCUT2D eigenvalue weighted by Gasteiger charge is -1.92. The van der Waals surface area contributed by atoms with Crippen LogP contribution in [-0.4, -0.2) is 17.8 Å². The van der Waals surface area contributed by atoms with Crippen LogP contribution in [0.3, 0.4) is 0 Å². The van der Waals surface area contributed by atoms with Gasteiger partial charge in [0.1, 0.15) is 0 Å². The molecular formula is C12H10N2O. The topological polar surface area (TPSA) is 58.9 Å². The molecule has 0 aliphatic heterocycles. The van der Waals surface area contributed by atoms with Crippen molar-refractivity contribution in [2.75, 3.05) is 6.54 Å². The summed E-state index contributed by atoms with van der Waals surface area (Å²) in [6, 6.07) is 5.69. The molecule has 0 aliphatic rings. The van der Waals surface area contributed by atoms with Crippen molar-refractivity contribution in [3.63, 3.8) is 0 Å². The maximum absolute atomic E-state index is 10.7. The predicted octanol–water partition coefficient (Wildman–Crippen LogP) is 1.29. The molecule has 3 N–H and O–H groups in total. The first-order valence-electron chi connectivity index (χ1n) is 4.60. The van der Waals surface area contributed by atoms with Crippen LogP contribution >= 0.6 is 0 Å². The van der Waals surface area contributed by atoms with Crippen LogP contribution in [0.4, 0.5) is 0 Å². The highest BCUT2D eigenvalue weighted by Crippen LogP contribution is 2.17. The van der Waals surface area contributed by atoms with Gasteiger partial charge in [0, 0.05) is 28.2 Å². The Morgan fingerprint density at radius 2 is 2.33 bits per heavy atom. The van der Waals surface area contributed by atoms with E-state index in [0.29, 0.717) is 12.1 Å². The van der Waals surface area contributed by atoms with E-state index in [-0.39, 0.29) is 0 Å². The fourth-order valence-corrected chi connectivity index (χ4v) is 1.47. The number of nitrogens with one attached hydrogen (secondary N) is 1. The number of aromatic nitrogens is 1. The minimum absolute atomic E-state index is 0.339. The van der Waals surface area contributed by atoms with Gasteiger partial charge in [0.2, 0.25) is 0 Å². The first kappa shape index (κ1) is 9.50. The molecular weight excluding hydrogens is 188 g/mol. The van der Waals surface area contributed by atoms with Crippen molar-refractivity contribution in [1.29, 1.82) is 0 Å². The van der Waals surface area contributed by atoms with E-state index >= 15 is 0 Å². The van der Waals surface area contributed by atoms with Crippen molar-refractivity contribution in [2.45, 2.75) is 0 Å². The standard InChI is InChI=1S/C12H10N2O/c13-5-1-2-9-3-4-12-11(6-9)10(8-15)7-14-12/h3-4,6-8,14H,5,13H2. The summed E-state index contributed by atoms with van der Waals surface area (Å²) in [6.07, 6.45) is 2.52. The minimum atomic E-state index is 0.339. The third kappa shape index (κ3) is 1.76. The molecule has 1 heterocycles. The summed E-state index contributed by atoms with van der Waals surface area (Å²) in [5, 5.41) is 0.897. The second-order valence-corrected chi connectivity index (χ2v) is 3.13. The lowest BCUT2D eigenvalue weighted by molar-refractivity contribution is 0.112. The molecule has 0 saturated heterocycles. The average Bonchev–Trinajstić information content (AvgIpc) is 2.68. The fraction of sp³-hybridized carbons (Fsp3) is 0.0833. The number of nitrogens with two attached hydrogens (primary N) is 1. The second-order valence-electron chi connectivity index (χ2n) is 3.13. The van der Waals surface area contributed by atoms with Crippen molar-refractivity contribution in [1.82, 2.24) is 4.98 Å². The number of hydrogen-bond acceptors (Lipinski definition) is 2. The molecule has 0 bridgehead atoms. The molecule has 1 aromatic heterocycles. The Kier molecular flexibility index (Phi) is 2.53. The van der Waals surface area contributed by atoms with Crippen molar-refractivity contribution >= 4 is 17.2 Å². The summed E-state index contributed by atoms with van der Waals surface area (Å²) in [6.45, 7) is 0.339. The molecule has 0 saturated carbocycles. The Labute approximate surface area is 87.3 Å². The molecule has 1 aromatic carbocycles. The summed E-state index contributed by atoms with van der Waals surface area (Å²) in [5.74, 6) is 5.71. The first-order valence-corrected chi connectivity index (χ1v) is 4.60. The Hall–Kier alpha value is -2.05. The zero-order chi connectivity index (χ0) is 10.7. The van der Waals surface area contributed by atoms with E-state index in [4.69, 9.17) is 5.73 Å². The lowest BCUT2D eigenvalue weighted by atomic mass is 10.1. The largest absolute Gasteiger partial charge is 0.360 e. The van der Waals surface area contributed by atoms with Crippen molar-refractivity contribution in [2.24, 2.45) is 5.73 Å². The molecule has 3 heteroatoms. The molecule has 0 aliphatic carbocycles. The Morgan fingerprint density at radius 1 is 1.47 bits per heavy atom. The van der Waals surface area contributed by atoms with Gasteiger partial charge in [-0.2, -0.15) is 0 Å². The van der Waals surface area contributed by atoms with Gasteiger partial charge in [-0.3, -0.25) is 4.79 Å². The van der Waals surface area contributed by atoms with Crippen LogP contribution in [0.15, 0.2) is 24.4 Å². The number of aromatic amines is 1. The van der Waals surface area contributed by atoms with Gasteiger partial charge in [0.15, 0.2) is 6.29 Å². The number of hydrogen-bond donors (Lipinski definition) is 2. The van der Waals surface area contributed by atoms with Crippen molar-refractivity contribution in [3.05, 3.63) is 35.5 Å². The number of benzene rings is 1. The molecule has 15 heavy (non-hydrogen) atoms. The quantitative estimate of drug-likeness (QED) is 0.536. The summed E-state index contributed by atoms with van der Waals surface area (Å²) in [5.41, 5.74) is 7.75. The summed E-state index contributed by atoms with van der Waals surface area (Å²) >= 11 is 0.